The average Bonchev–Trinajstić information content (AvgIpc) is 3.01. The molecule has 0 unspecified atom stereocenters. The van der Waals surface area contributed by atoms with E-state index in [1.807, 2.05) is 0 Å². The van der Waals surface area contributed by atoms with E-state index in [0.717, 1.165) is 0 Å². The van der Waals surface area contributed by atoms with Gasteiger partial charge in [-0.1, -0.05) is 30.3 Å². The summed E-state index contributed by atoms with van der Waals surface area (Å²) in [5, 5.41) is 31.1. The van der Waals surface area contributed by atoms with Gasteiger partial charge in [0, 0.05) is 30.1 Å². The Morgan fingerprint density at radius 3 is 1.52 bits per heavy atom. The Labute approximate surface area is 282 Å². The highest BCUT2D eigenvalue weighted by molar-refractivity contribution is 7.80. The van der Waals surface area contributed by atoms with Crippen LogP contribution >= 0.6 is 37.9 Å². The Morgan fingerprint density at radius 1 is 0.717 bits per heavy atom. The minimum atomic E-state index is -1.65. The molecule has 7 atom stereocenters. The molecule has 19 heteroatoms. The summed E-state index contributed by atoms with van der Waals surface area (Å²) >= 11 is 12.3. The van der Waals surface area contributed by atoms with Crippen LogP contribution in [-0.2, 0) is 40.0 Å². The third-order valence-corrected chi connectivity index (χ3v) is 7.54. The second-order valence-corrected chi connectivity index (χ2v) is 11.3. The lowest BCUT2D eigenvalue weighted by atomic mass is 10.0. The van der Waals surface area contributed by atoms with Crippen LogP contribution in [-0.4, -0.2) is 111 Å². The smallest absolute Gasteiger partial charge is 0.328 e. The lowest BCUT2D eigenvalue weighted by Crippen LogP contribution is -2.61. The van der Waals surface area contributed by atoms with Gasteiger partial charge in [-0.15, -0.1) is 0 Å². The Morgan fingerprint density at radius 2 is 1.13 bits per heavy atom. The molecular weight excluding hydrogens is 663 g/mol. The third kappa shape index (κ3) is 13.9. The second kappa shape index (κ2) is 20.6. The number of hydrogen-bond acceptors (Lipinski definition) is 12. The molecule has 0 saturated heterocycles. The van der Waals surface area contributed by atoms with Gasteiger partial charge in [-0.05, 0) is 18.9 Å². The Hall–Kier alpha value is -3.52. The monoisotopic (exact) mass is 703 g/mol. The van der Waals surface area contributed by atoms with Gasteiger partial charge < -0.3 is 48.3 Å². The first kappa shape index (κ1) is 40.5. The van der Waals surface area contributed by atoms with Gasteiger partial charge in [-0.25, -0.2) is 4.79 Å². The third-order valence-electron chi connectivity index (χ3n) is 6.45. The van der Waals surface area contributed by atoms with Gasteiger partial charge >= 0.3 is 5.97 Å². The van der Waals surface area contributed by atoms with Crippen molar-refractivity contribution in [1.82, 2.24) is 26.6 Å². The molecule has 46 heavy (non-hydrogen) atoms. The molecule has 0 aliphatic heterocycles. The summed E-state index contributed by atoms with van der Waals surface area (Å²) in [5.74, 6) is -6.92. The van der Waals surface area contributed by atoms with Gasteiger partial charge in [0.1, 0.15) is 24.2 Å². The van der Waals surface area contributed by atoms with Crippen LogP contribution in [0.25, 0.3) is 0 Å². The number of benzene rings is 1. The zero-order valence-corrected chi connectivity index (χ0v) is 27.6. The number of carbonyl (C=O) groups excluding carboxylic acids is 6. The Kier molecular flexibility index (Phi) is 18.1. The van der Waals surface area contributed by atoms with E-state index in [2.05, 4.69) is 64.5 Å². The number of nitrogens with two attached hydrogens (primary N) is 2. The summed E-state index contributed by atoms with van der Waals surface area (Å²) in [6.07, 6.45) is -1.69. The maximum atomic E-state index is 13.2. The van der Waals surface area contributed by atoms with Crippen LogP contribution in [0.1, 0.15) is 25.3 Å². The van der Waals surface area contributed by atoms with Crippen molar-refractivity contribution in [2.24, 2.45) is 11.5 Å². The minimum absolute atomic E-state index is 0.0501. The van der Waals surface area contributed by atoms with Crippen molar-refractivity contribution in [3.05, 3.63) is 35.9 Å². The molecule has 0 heterocycles. The van der Waals surface area contributed by atoms with E-state index in [9.17, 15) is 43.8 Å². The summed E-state index contributed by atoms with van der Waals surface area (Å²) in [6.45, 7) is 1.18. The van der Waals surface area contributed by atoms with Crippen molar-refractivity contribution < 1.29 is 43.8 Å². The number of rotatable bonds is 20. The Balaban J connectivity index is 2.99. The van der Waals surface area contributed by atoms with Crippen LogP contribution < -0.4 is 38.1 Å². The number of carbonyl (C=O) groups is 7. The molecule has 1 aromatic carbocycles. The summed E-state index contributed by atoms with van der Waals surface area (Å²) in [4.78, 5) is 87.0. The topological polar surface area (TPSA) is 272 Å². The van der Waals surface area contributed by atoms with Gasteiger partial charge in [-0.2, -0.15) is 37.9 Å². The summed E-state index contributed by atoms with van der Waals surface area (Å²) in [6, 6.07) is 0.576. The van der Waals surface area contributed by atoms with E-state index >= 15 is 0 Å². The number of nitrogens with one attached hydrogen (secondary N) is 5. The van der Waals surface area contributed by atoms with Crippen LogP contribution in [0, 0.1) is 0 Å². The van der Waals surface area contributed by atoms with E-state index in [1.165, 1.54) is 6.92 Å². The number of aliphatic carboxylic acids is 1. The van der Waals surface area contributed by atoms with Crippen LogP contribution in [0.2, 0.25) is 0 Å². The molecule has 0 bridgehead atoms. The molecule has 6 amide bonds. The highest BCUT2D eigenvalue weighted by atomic mass is 32.1. The van der Waals surface area contributed by atoms with E-state index in [1.54, 1.807) is 30.3 Å². The summed E-state index contributed by atoms with van der Waals surface area (Å²) in [7, 11) is 0. The number of carboxylic acid groups (broad SMARTS) is 1. The predicted molar refractivity (Wildman–Crippen MR) is 177 cm³/mol. The SMILES string of the molecule is C[C@@H](O)[C@H](NC(=O)[C@H](Cc1ccccc1)NC(=O)[C@H](CS)NC(=O)[C@H](CS)NC(=O)[C@H](CS)NC(=O)[C@@H](N)CCC(N)=O)C(=O)O. The van der Waals surface area contributed by atoms with E-state index in [0.29, 0.717) is 5.56 Å². The van der Waals surface area contributed by atoms with Crippen molar-refractivity contribution in [3.63, 3.8) is 0 Å². The van der Waals surface area contributed by atoms with Gasteiger partial charge in [0.05, 0.1) is 12.1 Å². The molecule has 0 radical (unpaired) electrons. The predicted octanol–water partition coefficient (Wildman–Crippen LogP) is -3.50. The van der Waals surface area contributed by atoms with E-state index < -0.39 is 83.8 Å². The molecule has 1 rings (SSSR count). The first-order valence-corrected chi connectivity index (χ1v) is 15.9. The van der Waals surface area contributed by atoms with Gasteiger partial charge in [0.25, 0.3) is 0 Å². The molecule has 0 fully saturated rings. The fourth-order valence-electron chi connectivity index (χ4n) is 3.81. The maximum absolute atomic E-state index is 13.2. The number of primary amides is 1. The van der Waals surface area contributed by atoms with Crippen LogP contribution in [0.5, 0.6) is 0 Å². The van der Waals surface area contributed by atoms with Crippen molar-refractivity contribution in [3.8, 4) is 0 Å². The number of thiol groups is 3. The number of aliphatic hydroxyl groups is 1. The summed E-state index contributed by atoms with van der Waals surface area (Å²) in [5.41, 5.74) is 11.4. The Bertz CT molecular complexity index is 1230. The van der Waals surface area contributed by atoms with Crippen LogP contribution in [0.4, 0.5) is 0 Å². The maximum Gasteiger partial charge on any atom is 0.328 e. The highest BCUT2D eigenvalue weighted by Gasteiger charge is 2.33. The highest BCUT2D eigenvalue weighted by Crippen LogP contribution is 2.06. The molecule has 0 aromatic heterocycles. The van der Waals surface area contributed by atoms with Crippen LogP contribution in [0.3, 0.4) is 0 Å². The number of amides is 6. The van der Waals surface area contributed by atoms with Crippen molar-refractivity contribution >= 4 is 79.3 Å². The number of aliphatic hydroxyl groups excluding tert-OH is 1. The first-order valence-electron chi connectivity index (χ1n) is 14.0. The molecular formula is C27H41N7O9S3. The molecule has 256 valence electrons. The quantitative estimate of drug-likeness (QED) is 0.0596. The van der Waals surface area contributed by atoms with Crippen molar-refractivity contribution in [2.75, 3.05) is 17.3 Å². The number of hydrogen-bond donors (Lipinski definition) is 12. The van der Waals surface area contributed by atoms with Crippen molar-refractivity contribution in [2.45, 2.75) is 68.5 Å². The summed E-state index contributed by atoms with van der Waals surface area (Å²) < 4.78 is 0. The average molecular weight is 704 g/mol. The van der Waals surface area contributed by atoms with E-state index in [4.69, 9.17) is 11.5 Å². The fraction of sp³-hybridized carbons (Fsp3) is 0.519. The molecule has 0 aliphatic rings. The normalized spacial score (nSPS) is 15.4. The molecule has 0 spiro atoms. The number of carboxylic acids is 1. The van der Waals surface area contributed by atoms with Gasteiger partial charge in [0.2, 0.25) is 35.4 Å². The second-order valence-electron chi connectivity index (χ2n) is 10.2. The van der Waals surface area contributed by atoms with Gasteiger partial charge in [0.15, 0.2) is 6.04 Å². The van der Waals surface area contributed by atoms with E-state index in [-0.39, 0.29) is 36.5 Å². The van der Waals surface area contributed by atoms with Crippen LogP contribution in [0.15, 0.2) is 30.3 Å². The molecule has 0 saturated carbocycles. The molecule has 1 aromatic rings. The first-order chi connectivity index (χ1) is 21.6. The lowest BCUT2D eigenvalue weighted by molar-refractivity contribution is -0.145. The van der Waals surface area contributed by atoms with Gasteiger partial charge in [-0.3, -0.25) is 28.8 Å². The zero-order chi connectivity index (χ0) is 35.0. The lowest BCUT2D eigenvalue weighted by Gasteiger charge is -2.26. The minimum Gasteiger partial charge on any atom is -0.480 e. The largest absolute Gasteiger partial charge is 0.480 e. The standard InChI is InChI=1S/C27H41N7O9S3/c1-13(35)21(27(42)43)34-23(38)16(9-14-5-3-2-4-6-14)30-24(39)18(11-45)32-26(41)19(12-46)33-25(40)17(10-44)31-22(37)15(28)7-8-20(29)36/h2-6,13,15-19,21,35,44-46H,7-12,28H2,1H3,(H2,29,36)(H,30,39)(H,31,37)(H,32,41)(H,33,40)(H,34,38)(H,42,43)/t13-,15+,16+,17+,18+,19+,21+/m1/s1. The van der Waals surface area contributed by atoms with Crippen molar-refractivity contribution in [1.29, 1.82) is 0 Å². The molecule has 0 aliphatic carbocycles. The molecule has 11 N–H and O–H groups in total. The molecule has 16 nitrogen and oxygen atoms in total. The zero-order valence-electron chi connectivity index (χ0n) is 24.9. The fourth-order valence-corrected chi connectivity index (χ4v) is 4.58.